The summed E-state index contributed by atoms with van der Waals surface area (Å²) in [5.41, 5.74) is 2.94. The summed E-state index contributed by atoms with van der Waals surface area (Å²) >= 11 is 0. The van der Waals surface area contributed by atoms with Gasteiger partial charge in [-0.25, -0.2) is 0 Å². The molecule has 3 rings (SSSR count). The van der Waals surface area contributed by atoms with Crippen LogP contribution in [0.15, 0.2) is 30.3 Å². The topological polar surface area (TPSA) is 12.5 Å². The maximum Gasteiger partial charge on any atom is 0.126 e. The van der Waals surface area contributed by atoms with E-state index in [0.717, 1.165) is 31.7 Å². The van der Waals surface area contributed by atoms with Crippen LogP contribution in [0.4, 0.5) is 0 Å². The number of likely N-dealkylation sites (N-methyl/N-ethyl adjacent to an activating group) is 1. The van der Waals surface area contributed by atoms with Crippen molar-refractivity contribution in [3.8, 4) is 5.75 Å². The SMILES string of the molecule is CCN(CC)C1Cc2cccc3c(OC)ccc(c23)C1. The molecule has 1 aliphatic carbocycles. The van der Waals surface area contributed by atoms with E-state index in [-0.39, 0.29) is 0 Å². The molecule has 2 nitrogen and oxygen atoms in total. The van der Waals surface area contributed by atoms with Gasteiger partial charge in [0, 0.05) is 11.4 Å². The molecule has 2 aromatic carbocycles. The number of methoxy groups -OCH3 is 1. The van der Waals surface area contributed by atoms with E-state index in [1.165, 1.54) is 21.9 Å². The molecule has 2 aromatic rings. The van der Waals surface area contributed by atoms with E-state index in [4.69, 9.17) is 4.74 Å². The highest BCUT2D eigenvalue weighted by Gasteiger charge is 2.24. The Hall–Kier alpha value is -1.54. The summed E-state index contributed by atoms with van der Waals surface area (Å²) in [5, 5.41) is 2.69. The van der Waals surface area contributed by atoms with E-state index in [0.29, 0.717) is 6.04 Å². The number of hydrogen-bond donors (Lipinski definition) is 0. The molecular weight excluding hydrogens is 246 g/mol. The number of ether oxygens (including phenoxy) is 1. The summed E-state index contributed by atoms with van der Waals surface area (Å²) in [6, 6.07) is 11.6. The lowest BCUT2D eigenvalue weighted by Gasteiger charge is -2.34. The highest BCUT2D eigenvalue weighted by molar-refractivity contribution is 5.94. The van der Waals surface area contributed by atoms with Crippen LogP contribution in [0.3, 0.4) is 0 Å². The van der Waals surface area contributed by atoms with Gasteiger partial charge in [0.25, 0.3) is 0 Å². The van der Waals surface area contributed by atoms with Gasteiger partial charge in [0.1, 0.15) is 5.75 Å². The maximum absolute atomic E-state index is 5.51. The van der Waals surface area contributed by atoms with E-state index in [1.54, 1.807) is 7.11 Å². The molecule has 0 bridgehead atoms. The van der Waals surface area contributed by atoms with Gasteiger partial charge >= 0.3 is 0 Å². The Morgan fingerprint density at radius 1 is 1.05 bits per heavy atom. The van der Waals surface area contributed by atoms with Crippen molar-refractivity contribution < 1.29 is 4.74 Å². The Morgan fingerprint density at radius 3 is 2.40 bits per heavy atom. The first-order valence-electron chi connectivity index (χ1n) is 7.60. The van der Waals surface area contributed by atoms with Crippen LogP contribution in [0.2, 0.25) is 0 Å². The van der Waals surface area contributed by atoms with Crippen LogP contribution in [0, 0.1) is 0 Å². The fourth-order valence-corrected chi connectivity index (χ4v) is 3.63. The largest absolute Gasteiger partial charge is 0.496 e. The summed E-state index contributed by atoms with van der Waals surface area (Å²) in [7, 11) is 1.76. The molecule has 0 aliphatic heterocycles. The summed E-state index contributed by atoms with van der Waals surface area (Å²) in [4.78, 5) is 2.58. The highest BCUT2D eigenvalue weighted by atomic mass is 16.5. The summed E-state index contributed by atoms with van der Waals surface area (Å²) in [5.74, 6) is 0.992. The summed E-state index contributed by atoms with van der Waals surface area (Å²) in [6.07, 6.45) is 2.30. The van der Waals surface area contributed by atoms with Crippen molar-refractivity contribution in [3.63, 3.8) is 0 Å². The van der Waals surface area contributed by atoms with Crippen LogP contribution in [0.25, 0.3) is 10.8 Å². The Balaban J connectivity index is 2.09. The molecule has 1 atom stereocenters. The predicted molar refractivity (Wildman–Crippen MR) is 84.6 cm³/mol. The fourth-order valence-electron chi connectivity index (χ4n) is 3.63. The number of hydrogen-bond acceptors (Lipinski definition) is 2. The molecule has 0 saturated carbocycles. The smallest absolute Gasteiger partial charge is 0.126 e. The molecule has 0 saturated heterocycles. The third-order valence-electron chi connectivity index (χ3n) is 4.63. The molecule has 0 spiro atoms. The van der Waals surface area contributed by atoms with E-state index in [9.17, 15) is 0 Å². The second-order valence-corrected chi connectivity index (χ2v) is 5.55. The van der Waals surface area contributed by atoms with E-state index >= 15 is 0 Å². The third kappa shape index (κ3) is 2.08. The van der Waals surface area contributed by atoms with Gasteiger partial charge in [-0.1, -0.05) is 38.1 Å². The van der Waals surface area contributed by atoms with Gasteiger partial charge in [-0.2, -0.15) is 0 Å². The Bertz CT molecular complexity index is 604. The predicted octanol–water partition coefficient (Wildman–Crippen LogP) is 3.66. The monoisotopic (exact) mass is 269 g/mol. The zero-order valence-electron chi connectivity index (χ0n) is 12.6. The zero-order chi connectivity index (χ0) is 14.1. The van der Waals surface area contributed by atoms with Gasteiger partial charge in [0.05, 0.1) is 7.11 Å². The second-order valence-electron chi connectivity index (χ2n) is 5.55. The number of rotatable bonds is 4. The number of nitrogens with zero attached hydrogens (tertiary/aromatic N) is 1. The van der Waals surface area contributed by atoms with Crippen molar-refractivity contribution in [1.29, 1.82) is 0 Å². The molecular formula is C18H23NO. The van der Waals surface area contributed by atoms with Crippen LogP contribution >= 0.6 is 0 Å². The van der Waals surface area contributed by atoms with Crippen molar-refractivity contribution in [2.75, 3.05) is 20.2 Å². The lowest BCUT2D eigenvalue weighted by atomic mass is 9.84. The van der Waals surface area contributed by atoms with E-state index in [2.05, 4.69) is 49.1 Å². The number of benzene rings is 2. The first kappa shape index (κ1) is 13.4. The molecule has 1 aliphatic rings. The molecule has 0 N–H and O–H groups in total. The van der Waals surface area contributed by atoms with Crippen LogP contribution in [0.1, 0.15) is 25.0 Å². The van der Waals surface area contributed by atoms with Gasteiger partial charge in [-0.3, -0.25) is 0 Å². The molecule has 20 heavy (non-hydrogen) atoms. The minimum Gasteiger partial charge on any atom is -0.496 e. The van der Waals surface area contributed by atoms with Crippen LogP contribution in [0.5, 0.6) is 5.75 Å². The lowest BCUT2D eigenvalue weighted by molar-refractivity contribution is 0.212. The normalized spacial score (nSPS) is 17.7. The molecule has 2 heteroatoms. The Labute approximate surface area is 121 Å². The molecule has 0 fully saturated rings. The maximum atomic E-state index is 5.51. The second kappa shape index (κ2) is 5.45. The first-order chi connectivity index (χ1) is 9.78. The average molecular weight is 269 g/mol. The summed E-state index contributed by atoms with van der Waals surface area (Å²) in [6.45, 7) is 6.77. The minimum absolute atomic E-state index is 0.636. The average Bonchev–Trinajstić information content (AvgIpc) is 2.49. The highest BCUT2D eigenvalue weighted by Crippen LogP contribution is 2.36. The van der Waals surface area contributed by atoms with E-state index < -0.39 is 0 Å². The van der Waals surface area contributed by atoms with Gasteiger partial charge in [0.15, 0.2) is 0 Å². The lowest BCUT2D eigenvalue weighted by Crippen LogP contribution is -2.39. The van der Waals surface area contributed by atoms with E-state index in [1.807, 2.05) is 0 Å². The standard InChI is InChI=1S/C18H23NO/c1-4-19(5-2)15-11-13-7-6-8-16-17(20-3)10-9-14(12-15)18(13)16/h6-10,15H,4-5,11-12H2,1-3H3. The van der Waals surface area contributed by atoms with Crippen molar-refractivity contribution >= 4 is 10.8 Å². The third-order valence-corrected chi connectivity index (χ3v) is 4.63. The first-order valence-corrected chi connectivity index (χ1v) is 7.60. The van der Waals surface area contributed by atoms with Crippen molar-refractivity contribution in [2.45, 2.75) is 32.7 Å². The molecule has 1 unspecified atom stereocenters. The van der Waals surface area contributed by atoms with Gasteiger partial charge < -0.3 is 9.64 Å². The molecule has 0 amide bonds. The van der Waals surface area contributed by atoms with Gasteiger partial charge in [0.2, 0.25) is 0 Å². The van der Waals surface area contributed by atoms with Crippen molar-refractivity contribution in [1.82, 2.24) is 4.90 Å². The quantitative estimate of drug-likeness (QED) is 0.840. The summed E-state index contributed by atoms with van der Waals surface area (Å²) < 4.78 is 5.51. The van der Waals surface area contributed by atoms with Gasteiger partial charge in [-0.15, -0.1) is 0 Å². The van der Waals surface area contributed by atoms with Crippen molar-refractivity contribution in [3.05, 3.63) is 41.5 Å². The van der Waals surface area contributed by atoms with Crippen LogP contribution in [-0.4, -0.2) is 31.1 Å². The van der Waals surface area contributed by atoms with Crippen LogP contribution < -0.4 is 4.74 Å². The van der Waals surface area contributed by atoms with Crippen molar-refractivity contribution in [2.24, 2.45) is 0 Å². The molecule has 0 radical (unpaired) electrons. The zero-order valence-corrected chi connectivity index (χ0v) is 12.6. The molecule has 0 heterocycles. The Kier molecular flexibility index (Phi) is 3.66. The molecule has 0 aromatic heterocycles. The van der Waals surface area contributed by atoms with Gasteiger partial charge in [-0.05, 0) is 48.5 Å². The fraction of sp³-hybridized carbons (Fsp3) is 0.444. The molecule has 106 valence electrons. The Morgan fingerprint density at radius 2 is 1.75 bits per heavy atom. The minimum atomic E-state index is 0.636. The van der Waals surface area contributed by atoms with Crippen LogP contribution in [-0.2, 0) is 12.8 Å².